The minimum absolute atomic E-state index is 0.272. The molecule has 4 heteroatoms. The molecule has 0 aliphatic heterocycles. The third-order valence-corrected chi connectivity index (χ3v) is 1.63. The van der Waals surface area contributed by atoms with Gasteiger partial charge < -0.3 is 5.73 Å². The normalized spacial score (nSPS) is 11.6. The molecule has 0 radical (unpaired) electrons. The molecule has 0 unspecified atom stereocenters. The van der Waals surface area contributed by atoms with Gasteiger partial charge in [-0.3, -0.25) is 0 Å². The number of benzene rings is 1. The minimum atomic E-state index is 0.272. The molecule has 11 heavy (non-hydrogen) atoms. The smallest absolute Gasteiger partial charge is 0.145 e. The third-order valence-electron chi connectivity index (χ3n) is 1.21. The van der Waals surface area contributed by atoms with E-state index in [0.717, 1.165) is 5.56 Å². The molecule has 2 N–H and O–H groups in total. The predicted octanol–water partition coefficient (Wildman–Crippen LogP) is 2.20. The quantitative estimate of drug-likeness (QED) is 0.533. The van der Waals surface area contributed by atoms with E-state index < -0.39 is 0 Å². The van der Waals surface area contributed by atoms with Crippen LogP contribution in [0.1, 0.15) is 5.56 Å². The lowest BCUT2D eigenvalue weighted by Crippen LogP contribution is -2.11. The van der Waals surface area contributed by atoms with Crippen LogP contribution in [0.15, 0.2) is 28.8 Å². The zero-order valence-corrected chi connectivity index (χ0v) is 7.10. The van der Waals surface area contributed by atoms with E-state index in [1.54, 1.807) is 24.3 Å². The fraction of sp³-hybridized carbons (Fsp3) is 0. The van der Waals surface area contributed by atoms with Crippen molar-refractivity contribution in [3.63, 3.8) is 0 Å². The molecule has 1 aromatic carbocycles. The Morgan fingerprint density at radius 3 is 2.73 bits per heavy atom. The van der Waals surface area contributed by atoms with Gasteiger partial charge in [0, 0.05) is 22.4 Å². The van der Waals surface area contributed by atoms with Crippen LogP contribution in [-0.2, 0) is 0 Å². The minimum Gasteiger partial charge on any atom is -0.382 e. The second kappa shape index (κ2) is 3.60. The van der Waals surface area contributed by atoms with Crippen LogP contribution in [0.4, 0.5) is 0 Å². The Bertz CT molecular complexity index is 284. The molecule has 1 aromatic rings. The summed E-state index contributed by atoms with van der Waals surface area (Å²) < 4.78 is 3.31. The van der Waals surface area contributed by atoms with Gasteiger partial charge in [0.1, 0.15) is 5.84 Å². The highest BCUT2D eigenvalue weighted by atomic mass is 35.5. The summed E-state index contributed by atoms with van der Waals surface area (Å²) in [5.74, 6) is 0.272. The molecule has 0 bridgehead atoms. The van der Waals surface area contributed by atoms with Gasteiger partial charge in [-0.05, 0) is 12.1 Å². The van der Waals surface area contributed by atoms with Crippen LogP contribution in [0, 0.1) is 0 Å². The fourth-order valence-electron chi connectivity index (χ4n) is 0.697. The molecule has 0 atom stereocenters. The molecule has 0 heterocycles. The number of amidine groups is 1. The van der Waals surface area contributed by atoms with Gasteiger partial charge in [0.2, 0.25) is 0 Å². The number of hydrogen-bond donors (Lipinski definition) is 1. The van der Waals surface area contributed by atoms with Gasteiger partial charge in [0.05, 0.1) is 0 Å². The fourth-order valence-corrected chi connectivity index (χ4v) is 0.984. The Morgan fingerprint density at radius 2 is 2.18 bits per heavy atom. The predicted molar refractivity (Wildman–Crippen MR) is 48.0 cm³/mol. The molecule has 0 saturated heterocycles. The highest BCUT2D eigenvalue weighted by molar-refractivity contribution is 6.31. The molecule has 58 valence electrons. The third kappa shape index (κ3) is 2.10. The molecule has 0 aromatic heterocycles. The van der Waals surface area contributed by atoms with Crippen molar-refractivity contribution in [1.29, 1.82) is 0 Å². The molecule has 1 rings (SSSR count). The van der Waals surface area contributed by atoms with Crippen LogP contribution in [0.3, 0.4) is 0 Å². The van der Waals surface area contributed by atoms with Crippen molar-refractivity contribution in [3.8, 4) is 0 Å². The Balaban J connectivity index is 3.06. The zero-order valence-electron chi connectivity index (χ0n) is 5.59. The van der Waals surface area contributed by atoms with E-state index in [1.807, 2.05) is 0 Å². The highest BCUT2D eigenvalue weighted by Crippen LogP contribution is 2.10. The molecular weight excluding hydrogens is 183 g/mol. The molecule has 2 nitrogen and oxygen atoms in total. The summed E-state index contributed by atoms with van der Waals surface area (Å²) in [6.07, 6.45) is 0. The van der Waals surface area contributed by atoms with E-state index in [4.69, 9.17) is 29.1 Å². The van der Waals surface area contributed by atoms with Crippen LogP contribution in [-0.4, -0.2) is 5.84 Å². The number of rotatable bonds is 1. The Hall–Kier alpha value is -0.730. The van der Waals surface area contributed by atoms with E-state index >= 15 is 0 Å². The topological polar surface area (TPSA) is 38.4 Å². The van der Waals surface area contributed by atoms with Gasteiger partial charge in [0.15, 0.2) is 0 Å². The van der Waals surface area contributed by atoms with Gasteiger partial charge in [-0.25, -0.2) is 0 Å². The summed E-state index contributed by atoms with van der Waals surface area (Å²) in [5, 5.41) is 0.616. The lowest BCUT2D eigenvalue weighted by molar-refractivity contribution is 1.56. The number of hydrogen-bond acceptors (Lipinski definition) is 1. The number of nitrogens with two attached hydrogens (primary N) is 1. The van der Waals surface area contributed by atoms with Crippen LogP contribution in [0.2, 0.25) is 5.02 Å². The average Bonchev–Trinajstić information content (AvgIpc) is 2.03. The molecule has 0 spiro atoms. The van der Waals surface area contributed by atoms with E-state index in [2.05, 4.69) is 4.51 Å². The molecule has 0 amide bonds. The second-order valence-corrected chi connectivity index (χ2v) is 2.59. The zero-order chi connectivity index (χ0) is 8.27. The molecule has 0 fully saturated rings. The number of nitrogens with zero attached hydrogens (tertiary/aromatic N) is 1. The summed E-state index contributed by atoms with van der Waals surface area (Å²) >= 11 is 10.9. The van der Waals surface area contributed by atoms with Crippen LogP contribution in [0.5, 0.6) is 0 Å². The van der Waals surface area contributed by atoms with Gasteiger partial charge >= 0.3 is 0 Å². The largest absolute Gasteiger partial charge is 0.382 e. The first-order valence-corrected chi connectivity index (χ1v) is 3.66. The second-order valence-electron chi connectivity index (χ2n) is 1.98. The van der Waals surface area contributed by atoms with E-state index in [9.17, 15) is 0 Å². The lowest BCUT2D eigenvalue weighted by atomic mass is 10.2. The summed E-state index contributed by atoms with van der Waals surface area (Å²) in [4.78, 5) is 0. The average molecular weight is 189 g/mol. The monoisotopic (exact) mass is 188 g/mol. The summed E-state index contributed by atoms with van der Waals surface area (Å²) in [5.41, 5.74) is 6.15. The van der Waals surface area contributed by atoms with Gasteiger partial charge in [-0.1, -0.05) is 23.7 Å². The molecule has 0 aliphatic rings. The SMILES string of the molecule is N/C(=N\Cl)c1cccc(Cl)c1. The summed E-state index contributed by atoms with van der Waals surface area (Å²) in [7, 11) is 0. The lowest BCUT2D eigenvalue weighted by Gasteiger charge is -1.97. The van der Waals surface area contributed by atoms with Crippen molar-refractivity contribution in [2.24, 2.45) is 10.2 Å². The molecule has 0 saturated carbocycles. The van der Waals surface area contributed by atoms with Gasteiger partial charge in [-0.15, -0.1) is 0 Å². The summed E-state index contributed by atoms with van der Waals surface area (Å²) in [6.45, 7) is 0. The van der Waals surface area contributed by atoms with Crippen molar-refractivity contribution in [2.45, 2.75) is 0 Å². The first-order chi connectivity index (χ1) is 5.24. The van der Waals surface area contributed by atoms with Crippen LogP contribution >= 0.6 is 23.4 Å². The van der Waals surface area contributed by atoms with E-state index in [-0.39, 0.29) is 5.84 Å². The molecule has 0 aliphatic carbocycles. The van der Waals surface area contributed by atoms with E-state index in [0.29, 0.717) is 5.02 Å². The van der Waals surface area contributed by atoms with Crippen molar-refractivity contribution in [2.75, 3.05) is 0 Å². The number of halogens is 2. The van der Waals surface area contributed by atoms with Gasteiger partial charge in [0.25, 0.3) is 0 Å². The maximum atomic E-state index is 5.69. The van der Waals surface area contributed by atoms with Crippen molar-refractivity contribution in [3.05, 3.63) is 34.9 Å². The summed E-state index contributed by atoms with van der Waals surface area (Å²) in [6, 6.07) is 7.02. The first kappa shape index (κ1) is 8.37. The van der Waals surface area contributed by atoms with Crippen LogP contribution in [0.25, 0.3) is 0 Å². The standard InChI is InChI=1S/C7H6Cl2N2/c8-6-3-1-2-5(4-6)7(10)11-9/h1-4H,(H2,10,11). The molecular formula is C7H6Cl2N2. The van der Waals surface area contributed by atoms with E-state index in [1.165, 1.54) is 0 Å². The Morgan fingerprint density at radius 1 is 1.45 bits per heavy atom. The maximum Gasteiger partial charge on any atom is 0.145 e. The van der Waals surface area contributed by atoms with Crippen molar-refractivity contribution in [1.82, 2.24) is 0 Å². The van der Waals surface area contributed by atoms with Gasteiger partial charge in [-0.2, -0.15) is 4.51 Å². The maximum absolute atomic E-state index is 5.69. The Kier molecular flexibility index (Phi) is 2.74. The van der Waals surface area contributed by atoms with Crippen LogP contribution < -0.4 is 5.73 Å². The highest BCUT2D eigenvalue weighted by Gasteiger charge is 1.96. The Labute approximate surface area is 74.7 Å². The van der Waals surface area contributed by atoms with Crippen molar-refractivity contribution < 1.29 is 0 Å². The first-order valence-electron chi connectivity index (χ1n) is 2.94. The van der Waals surface area contributed by atoms with Crippen molar-refractivity contribution >= 4 is 29.2 Å².